The van der Waals surface area contributed by atoms with Gasteiger partial charge in [-0.1, -0.05) is 51.1 Å². The van der Waals surface area contributed by atoms with E-state index in [0.717, 1.165) is 19.1 Å². The van der Waals surface area contributed by atoms with Crippen LogP contribution in [0, 0.1) is 16.7 Å². The van der Waals surface area contributed by atoms with Crippen molar-refractivity contribution in [2.45, 2.75) is 45.6 Å². The van der Waals surface area contributed by atoms with Crippen molar-refractivity contribution < 1.29 is 4.74 Å². The Morgan fingerprint density at radius 3 is 2.32 bits per heavy atom. The molecule has 3 rings (SSSR count). The first kappa shape index (κ1) is 16.0. The SMILES string of the molecule is CN(C)CCOC1(c2ccccc2)C[C@H]2CCC1(C)C2(C)C. The fourth-order valence-corrected chi connectivity index (χ4v) is 5.10. The summed E-state index contributed by atoms with van der Waals surface area (Å²) < 4.78 is 6.72. The van der Waals surface area contributed by atoms with Crippen molar-refractivity contribution in [3.63, 3.8) is 0 Å². The molecule has 0 amide bonds. The van der Waals surface area contributed by atoms with Crippen LogP contribution in [0.4, 0.5) is 0 Å². The third-order valence-corrected chi connectivity index (χ3v) is 6.99. The summed E-state index contributed by atoms with van der Waals surface area (Å²) in [5.74, 6) is 0.775. The molecule has 2 unspecified atom stereocenters. The van der Waals surface area contributed by atoms with Gasteiger partial charge in [0.05, 0.1) is 12.2 Å². The second-order valence-corrected chi connectivity index (χ2v) is 8.34. The summed E-state index contributed by atoms with van der Waals surface area (Å²) in [6.45, 7) is 9.19. The fraction of sp³-hybridized carbons (Fsp3) is 0.700. The number of fused-ring (bicyclic) bond motifs is 2. The van der Waals surface area contributed by atoms with Gasteiger partial charge < -0.3 is 9.64 Å². The highest BCUT2D eigenvalue weighted by atomic mass is 16.5. The van der Waals surface area contributed by atoms with Gasteiger partial charge in [0.1, 0.15) is 0 Å². The van der Waals surface area contributed by atoms with Crippen LogP contribution in [-0.2, 0) is 10.3 Å². The standard InChI is InChI=1S/C20H31NO/c1-18(2)17-11-12-19(18,3)20(15-17,22-14-13-21(4)5)16-9-7-6-8-10-16/h6-10,17H,11-15H2,1-5H3/t17-,19?,20?/m1/s1. The predicted octanol–water partition coefficient (Wildman–Crippen LogP) is 4.31. The minimum Gasteiger partial charge on any atom is -0.368 e. The molecule has 2 saturated carbocycles. The molecule has 0 aromatic heterocycles. The van der Waals surface area contributed by atoms with Gasteiger partial charge in [-0.25, -0.2) is 0 Å². The maximum Gasteiger partial charge on any atom is 0.0993 e. The van der Waals surface area contributed by atoms with E-state index in [1.807, 2.05) is 0 Å². The minimum absolute atomic E-state index is 0.114. The lowest BCUT2D eigenvalue weighted by atomic mass is 9.62. The number of likely N-dealkylation sites (N-methyl/N-ethyl adjacent to an activating group) is 1. The maximum absolute atomic E-state index is 6.72. The van der Waals surface area contributed by atoms with E-state index in [1.54, 1.807) is 0 Å². The van der Waals surface area contributed by atoms with E-state index in [2.05, 4.69) is 70.1 Å². The quantitative estimate of drug-likeness (QED) is 0.803. The Morgan fingerprint density at radius 2 is 1.82 bits per heavy atom. The van der Waals surface area contributed by atoms with Gasteiger partial charge in [-0.15, -0.1) is 0 Å². The van der Waals surface area contributed by atoms with Crippen molar-refractivity contribution >= 4 is 0 Å². The zero-order valence-corrected chi connectivity index (χ0v) is 14.9. The van der Waals surface area contributed by atoms with Gasteiger partial charge in [0.25, 0.3) is 0 Å². The third-order valence-electron chi connectivity index (χ3n) is 6.99. The van der Waals surface area contributed by atoms with E-state index in [-0.39, 0.29) is 11.0 Å². The molecule has 0 saturated heterocycles. The normalized spacial score (nSPS) is 36.2. The highest BCUT2D eigenvalue weighted by Crippen LogP contribution is 2.73. The summed E-state index contributed by atoms with van der Waals surface area (Å²) >= 11 is 0. The molecule has 2 nitrogen and oxygen atoms in total. The number of rotatable bonds is 5. The molecule has 2 heteroatoms. The molecular weight excluding hydrogens is 270 g/mol. The molecule has 122 valence electrons. The highest BCUT2D eigenvalue weighted by molar-refractivity contribution is 5.32. The van der Waals surface area contributed by atoms with Gasteiger partial charge in [-0.3, -0.25) is 0 Å². The lowest BCUT2D eigenvalue weighted by molar-refractivity contribution is -0.148. The average molecular weight is 301 g/mol. The Bertz CT molecular complexity index is 524. The first-order chi connectivity index (χ1) is 10.3. The Morgan fingerprint density at radius 1 is 1.14 bits per heavy atom. The third kappa shape index (κ3) is 2.07. The van der Waals surface area contributed by atoms with E-state index in [0.29, 0.717) is 5.41 Å². The molecule has 0 radical (unpaired) electrons. The Kier molecular flexibility index (Phi) is 3.89. The Hall–Kier alpha value is -0.860. The van der Waals surface area contributed by atoms with Crippen LogP contribution in [-0.4, -0.2) is 32.1 Å². The molecule has 0 heterocycles. The van der Waals surface area contributed by atoms with Crippen molar-refractivity contribution in [2.24, 2.45) is 16.7 Å². The fourth-order valence-electron chi connectivity index (χ4n) is 5.10. The molecule has 2 bridgehead atoms. The smallest absolute Gasteiger partial charge is 0.0993 e. The number of ether oxygens (including phenoxy) is 1. The van der Waals surface area contributed by atoms with Crippen LogP contribution in [0.5, 0.6) is 0 Å². The molecule has 2 aliphatic rings. The zero-order valence-electron chi connectivity index (χ0n) is 14.9. The van der Waals surface area contributed by atoms with Gasteiger partial charge >= 0.3 is 0 Å². The molecule has 3 atom stereocenters. The molecular formula is C20H31NO. The summed E-state index contributed by atoms with van der Waals surface area (Å²) in [4.78, 5) is 2.21. The van der Waals surface area contributed by atoms with E-state index < -0.39 is 0 Å². The number of hydrogen-bond donors (Lipinski definition) is 0. The summed E-state index contributed by atoms with van der Waals surface area (Å²) in [5.41, 5.74) is 1.84. The largest absolute Gasteiger partial charge is 0.368 e. The van der Waals surface area contributed by atoms with Gasteiger partial charge in [0.2, 0.25) is 0 Å². The maximum atomic E-state index is 6.72. The van der Waals surface area contributed by atoms with Crippen LogP contribution < -0.4 is 0 Å². The lowest BCUT2D eigenvalue weighted by Gasteiger charge is -2.49. The van der Waals surface area contributed by atoms with Crippen LogP contribution in [0.2, 0.25) is 0 Å². The molecule has 0 aliphatic heterocycles. The van der Waals surface area contributed by atoms with Crippen molar-refractivity contribution in [1.82, 2.24) is 4.90 Å². The van der Waals surface area contributed by atoms with Gasteiger partial charge in [-0.05, 0) is 50.3 Å². The summed E-state index contributed by atoms with van der Waals surface area (Å²) in [7, 11) is 4.23. The number of benzene rings is 1. The molecule has 2 fully saturated rings. The molecule has 1 aromatic carbocycles. The second kappa shape index (κ2) is 5.35. The molecule has 1 aromatic rings. The van der Waals surface area contributed by atoms with E-state index >= 15 is 0 Å². The summed E-state index contributed by atoms with van der Waals surface area (Å²) in [5, 5.41) is 0. The van der Waals surface area contributed by atoms with E-state index in [9.17, 15) is 0 Å². The van der Waals surface area contributed by atoms with Gasteiger partial charge in [0.15, 0.2) is 0 Å². The van der Waals surface area contributed by atoms with Crippen LogP contribution in [0.25, 0.3) is 0 Å². The van der Waals surface area contributed by atoms with Crippen LogP contribution in [0.1, 0.15) is 45.6 Å². The van der Waals surface area contributed by atoms with Crippen LogP contribution in [0.3, 0.4) is 0 Å². The zero-order chi connectivity index (χ0) is 16.0. The predicted molar refractivity (Wildman–Crippen MR) is 91.9 cm³/mol. The Balaban J connectivity index is 1.99. The molecule has 0 N–H and O–H groups in total. The first-order valence-electron chi connectivity index (χ1n) is 8.68. The van der Waals surface area contributed by atoms with Gasteiger partial charge in [0, 0.05) is 12.0 Å². The Labute approximate surface area is 135 Å². The summed E-state index contributed by atoms with van der Waals surface area (Å²) in [6.07, 6.45) is 3.81. The van der Waals surface area contributed by atoms with Crippen molar-refractivity contribution in [3.05, 3.63) is 35.9 Å². The first-order valence-corrected chi connectivity index (χ1v) is 8.68. The molecule has 0 spiro atoms. The van der Waals surface area contributed by atoms with Crippen LogP contribution >= 0.6 is 0 Å². The number of nitrogens with zero attached hydrogens (tertiary/aromatic N) is 1. The lowest BCUT2D eigenvalue weighted by Crippen LogP contribution is -2.47. The van der Waals surface area contributed by atoms with Crippen LogP contribution in [0.15, 0.2) is 30.3 Å². The van der Waals surface area contributed by atoms with Crippen molar-refractivity contribution in [2.75, 3.05) is 27.2 Å². The monoisotopic (exact) mass is 301 g/mol. The van der Waals surface area contributed by atoms with Gasteiger partial charge in [-0.2, -0.15) is 0 Å². The second-order valence-electron chi connectivity index (χ2n) is 8.34. The highest BCUT2D eigenvalue weighted by Gasteiger charge is 2.69. The van der Waals surface area contributed by atoms with E-state index in [4.69, 9.17) is 4.74 Å². The van der Waals surface area contributed by atoms with Crippen molar-refractivity contribution in [1.29, 1.82) is 0 Å². The minimum atomic E-state index is -0.114. The van der Waals surface area contributed by atoms with Crippen molar-refractivity contribution in [3.8, 4) is 0 Å². The van der Waals surface area contributed by atoms with E-state index in [1.165, 1.54) is 24.8 Å². The molecule has 2 aliphatic carbocycles. The average Bonchev–Trinajstić information content (AvgIpc) is 2.80. The summed E-state index contributed by atoms with van der Waals surface area (Å²) in [6, 6.07) is 11.0. The molecule has 22 heavy (non-hydrogen) atoms. The topological polar surface area (TPSA) is 12.5 Å². The number of hydrogen-bond acceptors (Lipinski definition) is 2.